The molecule has 24 heavy (non-hydrogen) atoms. The summed E-state index contributed by atoms with van der Waals surface area (Å²) in [6.45, 7) is 2.60. The number of nitrogens with one attached hydrogen (secondary N) is 1. The van der Waals surface area contributed by atoms with E-state index >= 15 is 0 Å². The van der Waals surface area contributed by atoms with Gasteiger partial charge in [0.15, 0.2) is 5.78 Å². The number of ketones is 1. The average molecular weight is 317 g/mol. The number of hydrogen-bond donors (Lipinski definition) is 1. The van der Waals surface area contributed by atoms with Gasteiger partial charge in [0.25, 0.3) is 0 Å². The van der Waals surface area contributed by atoms with Crippen LogP contribution in [0.3, 0.4) is 0 Å². The number of anilines is 1. The number of benzene rings is 3. The Hall–Kier alpha value is -3.07. The third-order valence-corrected chi connectivity index (χ3v) is 3.71. The van der Waals surface area contributed by atoms with Gasteiger partial charge in [0.2, 0.25) is 0 Å². The minimum absolute atomic E-state index is 0.0229. The lowest BCUT2D eigenvalue weighted by molar-refractivity contribution is 0.104. The number of rotatable bonds is 6. The van der Waals surface area contributed by atoms with Crippen molar-refractivity contribution >= 4 is 22.2 Å². The molecule has 0 spiro atoms. The Morgan fingerprint density at radius 1 is 1.00 bits per heavy atom. The first-order valence-electron chi connectivity index (χ1n) is 7.96. The molecular formula is C21H19NO2. The van der Waals surface area contributed by atoms with Crippen molar-refractivity contribution in [2.24, 2.45) is 0 Å². The first kappa shape index (κ1) is 15.8. The monoisotopic (exact) mass is 317 g/mol. The molecule has 0 unspecified atom stereocenters. The Balaban J connectivity index is 1.70. The summed E-state index contributed by atoms with van der Waals surface area (Å²) < 4.78 is 5.40. The summed E-state index contributed by atoms with van der Waals surface area (Å²) >= 11 is 0. The molecule has 0 atom stereocenters. The van der Waals surface area contributed by atoms with Crippen molar-refractivity contribution < 1.29 is 9.53 Å². The van der Waals surface area contributed by atoms with Gasteiger partial charge in [-0.1, -0.05) is 42.5 Å². The maximum atomic E-state index is 12.4. The highest BCUT2D eigenvalue weighted by Gasteiger charge is 2.06. The predicted octanol–water partition coefficient (Wildman–Crippen LogP) is 5.05. The van der Waals surface area contributed by atoms with Crippen LogP contribution in [-0.2, 0) is 0 Å². The Morgan fingerprint density at radius 3 is 2.54 bits per heavy atom. The smallest absolute Gasteiger partial charge is 0.187 e. The fourth-order valence-electron chi connectivity index (χ4n) is 2.56. The van der Waals surface area contributed by atoms with Gasteiger partial charge in [0.1, 0.15) is 5.75 Å². The molecule has 0 radical (unpaired) electrons. The Labute approximate surface area is 141 Å². The Bertz CT molecular complexity index is 861. The summed E-state index contributed by atoms with van der Waals surface area (Å²) in [4.78, 5) is 12.4. The van der Waals surface area contributed by atoms with Crippen molar-refractivity contribution in [1.82, 2.24) is 0 Å². The fraction of sp³-hybridized carbons (Fsp3) is 0.0952. The van der Waals surface area contributed by atoms with E-state index in [-0.39, 0.29) is 5.78 Å². The molecule has 3 heteroatoms. The van der Waals surface area contributed by atoms with E-state index in [4.69, 9.17) is 4.74 Å². The highest BCUT2D eigenvalue weighted by atomic mass is 16.5. The van der Waals surface area contributed by atoms with Gasteiger partial charge in [-0.3, -0.25) is 4.79 Å². The van der Waals surface area contributed by atoms with Crippen molar-refractivity contribution in [2.75, 3.05) is 11.9 Å². The van der Waals surface area contributed by atoms with Gasteiger partial charge in [-0.25, -0.2) is 0 Å². The SMILES string of the molecule is CCOc1ccc(N/C=C/C(=O)c2cccc3ccccc23)cc1. The van der Waals surface area contributed by atoms with E-state index < -0.39 is 0 Å². The van der Waals surface area contributed by atoms with Crippen molar-refractivity contribution in [3.63, 3.8) is 0 Å². The normalized spacial score (nSPS) is 10.9. The van der Waals surface area contributed by atoms with Crippen LogP contribution in [0, 0.1) is 0 Å². The first-order chi connectivity index (χ1) is 11.8. The van der Waals surface area contributed by atoms with E-state index in [0.717, 1.165) is 22.2 Å². The first-order valence-corrected chi connectivity index (χ1v) is 7.96. The quantitative estimate of drug-likeness (QED) is 0.511. The van der Waals surface area contributed by atoms with Gasteiger partial charge in [-0.2, -0.15) is 0 Å². The highest BCUT2D eigenvalue weighted by molar-refractivity contribution is 6.13. The van der Waals surface area contributed by atoms with Crippen LogP contribution in [0.1, 0.15) is 17.3 Å². The van der Waals surface area contributed by atoms with E-state index in [0.29, 0.717) is 12.2 Å². The summed E-state index contributed by atoms with van der Waals surface area (Å²) in [6, 6.07) is 21.3. The maximum absolute atomic E-state index is 12.4. The molecule has 3 nitrogen and oxygen atoms in total. The average Bonchev–Trinajstić information content (AvgIpc) is 2.63. The third kappa shape index (κ3) is 3.63. The molecule has 3 rings (SSSR count). The number of hydrogen-bond acceptors (Lipinski definition) is 3. The number of allylic oxidation sites excluding steroid dienone is 1. The van der Waals surface area contributed by atoms with Crippen molar-refractivity contribution in [1.29, 1.82) is 0 Å². The van der Waals surface area contributed by atoms with E-state index in [1.807, 2.05) is 73.7 Å². The van der Waals surface area contributed by atoms with E-state index in [2.05, 4.69) is 5.32 Å². The highest BCUT2D eigenvalue weighted by Crippen LogP contribution is 2.19. The fourth-order valence-corrected chi connectivity index (χ4v) is 2.56. The molecule has 0 aliphatic rings. The van der Waals surface area contributed by atoms with Gasteiger partial charge in [0.05, 0.1) is 6.61 Å². The van der Waals surface area contributed by atoms with Gasteiger partial charge in [-0.15, -0.1) is 0 Å². The number of fused-ring (bicyclic) bond motifs is 1. The molecule has 1 N–H and O–H groups in total. The zero-order valence-corrected chi connectivity index (χ0v) is 13.5. The second-order valence-electron chi connectivity index (χ2n) is 5.33. The summed E-state index contributed by atoms with van der Waals surface area (Å²) in [5.74, 6) is 0.809. The molecule has 3 aromatic rings. The van der Waals surface area contributed by atoms with Crippen LogP contribution < -0.4 is 10.1 Å². The van der Waals surface area contributed by atoms with Gasteiger partial charge in [0, 0.05) is 23.5 Å². The molecule has 3 aromatic carbocycles. The lowest BCUT2D eigenvalue weighted by atomic mass is 10.0. The summed E-state index contributed by atoms with van der Waals surface area (Å²) in [6.07, 6.45) is 3.22. The number of carbonyl (C=O) groups excluding carboxylic acids is 1. The molecule has 0 saturated heterocycles. The Kier molecular flexibility index (Phi) is 4.92. The molecule has 0 bridgehead atoms. The maximum Gasteiger partial charge on any atom is 0.187 e. The van der Waals surface area contributed by atoms with Crippen LogP contribution in [-0.4, -0.2) is 12.4 Å². The largest absolute Gasteiger partial charge is 0.494 e. The summed E-state index contributed by atoms with van der Waals surface area (Å²) in [5.41, 5.74) is 1.61. The molecule has 0 fully saturated rings. The van der Waals surface area contributed by atoms with Crippen LogP contribution in [0.4, 0.5) is 5.69 Å². The second kappa shape index (κ2) is 7.47. The second-order valence-corrected chi connectivity index (χ2v) is 5.33. The molecule has 0 saturated carbocycles. The summed E-state index contributed by atoms with van der Waals surface area (Å²) in [7, 11) is 0. The number of ether oxygens (including phenoxy) is 1. The third-order valence-electron chi connectivity index (χ3n) is 3.71. The zero-order chi connectivity index (χ0) is 16.8. The molecule has 0 heterocycles. The molecule has 0 aliphatic carbocycles. The van der Waals surface area contributed by atoms with Crippen molar-refractivity contribution in [3.8, 4) is 5.75 Å². The van der Waals surface area contributed by atoms with Gasteiger partial charge < -0.3 is 10.1 Å². The van der Waals surface area contributed by atoms with Crippen LogP contribution in [0.2, 0.25) is 0 Å². The molecule has 120 valence electrons. The predicted molar refractivity (Wildman–Crippen MR) is 98.7 cm³/mol. The molecule has 0 amide bonds. The van der Waals surface area contributed by atoms with E-state index in [1.54, 1.807) is 12.3 Å². The molecule has 0 aliphatic heterocycles. The van der Waals surface area contributed by atoms with Gasteiger partial charge in [-0.05, 0) is 42.0 Å². The summed E-state index contributed by atoms with van der Waals surface area (Å²) in [5, 5.41) is 5.14. The number of carbonyl (C=O) groups is 1. The standard InChI is InChI=1S/C21H19NO2/c1-2-24-18-12-10-17(11-13-18)22-15-14-21(23)20-9-5-7-16-6-3-4-8-19(16)20/h3-15,22H,2H2,1H3/b15-14+. The van der Waals surface area contributed by atoms with Crippen LogP contribution in [0.25, 0.3) is 10.8 Å². The Morgan fingerprint density at radius 2 is 1.75 bits per heavy atom. The minimum atomic E-state index is -0.0229. The lowest BCUT2D eigenvalue weighted by Crippen LogP contribution is -1.97. The molecule has 0 aromatic heterocycles. The topological polar surface area (TPSA) is 38.3 Å². The van der Waals surface area contributed by atoms with Crippen molar-refractivity contribution in [3.05, 3.63) is 84.6 Å². The lowest BCUT2D eigenvalue weighted by Gasteiger charge is -2.05. The van der Waals surface area contributed by atoms with Crippen molar-refractivity contribution in [2.45, 2.75) is 6.92 Å². The minimum Gasteiger partial charge on any atom is -0.494 e. The zero-order valence-electron chi connectivity index (χ0n) is 13.5. The van der Waals surface area contributed by atoms with Gasteiger partial charge >= 0.3 is 0 Å². The van der Waals surface area contributed by atoms with E-state index in [1.165, 1.54) is 0 Å². The van der Waals surface area contributed by atoms with Crippen LogP contribution in [0.15, 0.2) is 79.0 Å². The molecular weight excluding hydrogens is 298 g/mol. The van der Waals surface area contributed by atoms with Crippen LogP contribution >= 0.6 is 0 Å². The van der Waals surface area contributed by atoms with E-state index in [9.17, 15) is 4.79 Å². The van der Waals surface area contributed by atoms with Crippen LogP contribution in [0.5, 0.6) is 5.75 Å².